The third-order valence-electron chi connectivity index (χ3n) is 4.14. The van der Waals surface area contributed by atoms with Crippen LogP contribution in [0.5, 0.6) is 17.6 Å². The molecule has 0 N–H and O–H groups in total. The maximum absolute atomic E-state index is 6.29. The van der Waals surface area contributed by atoms with Gasteiger partial charge in [-0.1, -0.05) is 42.5 Å². The highest BCUT2D eigenvalue weighted by atomic mass is 28.4. The zero-order valence-corrected chi connectivity index (χ0v) is 21.3. The molecule has 31 heavy (non-hydrogen) atoms. The highest BCUT2D eigenvalue weighted by Gasteiger charge is 2.23. The fraction of sp³-hybridized carbons (Fsp3) is 0.333. The standard InChI is InChI=1S/C24H32N2O3Si2/c1-30(2,3)28-23-21(17-25-24(26-23)29-31(4,5)6)15-20-13-10-14-22(16-20)27-18-19-11-8-7-9-12-19/h7-14,16-17H,15,18H2,1-6H3. The first-order valence-electron chi connectivity index (χ1n) is 10.6. The van der Waals surface area contributed by atoms with Crippen LogP contribution in [0.3, 0.4) is 0 Å². The van der Waals surface area contributed by atoms with Crippen LogP contribution in [0, 0.1) is 0 Å². The van der Waals surface area contributed by atoms with Gasteiger partial charge in [0.2, 0.25) is 22.5 Å². The van der Waals surface area contributed by atoms with Gasteiger partial charge in [-0.2, -0.15) is 4.98 Å². The van der Waals surface area contributed by atoms with Gasteiger partial charge in [-0.15, -0.1) is 0 Å². The lowest BCUT2D eigenvalue weighted by Gasteiger charge is -2.22. The molecule has 7 heteroatoms. The summed E-state index contributed by atoms with van der Waals surface area (Å²) in [6, 6.07) is 18.7. The first kappa shape index (κ1) is 23.0. The maximum atomic E-state index is 6.29. The average molecular weight is 453 g/mol. The minimum absolute atomic E-state index is 0.399. The zero-order valence-electron chi connectivity index (χ0n) is 19.3. The first-order chi connectivity index (χ1) is 14.6. The molecule has 1 heterocycles. The van der Waals surface area contributed by atoms with Gasteiger partial charge >= 0.3 is 6.01 Å². The number of hydrogen-bond acceptors (Lipinski definition) is 5. The quantitative estimate of drug-likeness (QED) is 0.369. The molecule has 0 atom stereocenters. The lowest BCUT2D eigenvalue weighted by Crippen LogP contribution is -2.32. The van der Waals surface area contributed by atoms with E-state index in [1.807, 2.05) is 36.5 Å². The second kappa shape index (κ2) is 9.66. The van der Waals surface area contributed by atoms with E-state index in [1.165, 1.54) is 0 Å². The summed E-state index contributed by atoms with van der Waals surface area (Å²) in [4.78, 5) is 9.08. The number of ether oxygens (including phenoxy) is 1. The van der Waals surface area contributed by atoms with Crippen LogP contribution in [0.2, 0.25) is 39.3 Å². The van der Waals surface area contributed by atoms with Crippen molar-refractivity contribution in [2.45, 2.75) is 52.3 Å². The van der Waals surface area contributed by atoms with Crippen LogP contribution >= 0.6 is 0 Å². The van der Waals surface area contributed by atoms with E-state index in [2.05, 4.69) is 73.5 Å². The Labute approximate surface area is 187 Å². The summed E-state index contributed by atoms with van der Waals surface area (Å²) < 4.78 is 18.3. The summed E-state index contributed by atoms with van der Waals surface area (Å²) in [5.74, 6) is 1.46. The second-order valence-corrected chi connectivity index (χ2v) is 18.4. The van der Waals surface area contributed by atoms with Gasteiger partial charge in [0.1, 0.15) is 12.4 Å². The van der Waals surface area contributed by atoms with Crippen molar-refractivity contribution in [1.29, 1.82) is 0 Å². The Bertz CT molecular complexity index is 1000. The second-order valence-electron chi connectivity index (χ2n) is 9.51. The van der Waals surface area contributed by atoms with E-state index in [0.29, 0.717) is 24.9 Å². The normalized spacial score (nSPS) is 11.8. The van der Waals surface area contributed by atoms with E-state index in [-0.39, 0.29) is 0 Å². The molecule has 1 aromatic heterocycles. The van der Waals surface area contributed by atoms with Crippen LogP contribution in [0.25, 0.3) is 0 Å². The summed E-state index contributed by atoms with van der Waals surface area (Å²) in [5.41, 5.74) is 3.21. The SMILES string of the molecule is C[Si](C)(C)Oc1ncc(Cc2cccc(OCc3ccccc3)c2)c(O[Si](C)(C)C)n1. The minimum atomic E-state index is -1.85. The first-order valence-corrected chi connectivity index (χ1v) is 17.4. The van der Waals surface area contributed by atoms with E-state index < -0.39 is 16.6 Å². The van der Waals surface area contributed by atoms with Gasteiger partial charge in [-0.25, -0.2) is 4.98 Å². The van der Waals surface area contributed by atoms with E-state index in [4.69, 9.17) is 13.6 Å². The molecule has 0 spiro atoms. The molecular formula is C24H32N2O3Si2. The third-order valence-corrected chi connectivity index (χ3v) is 5.75. The minimum Gasteiger partial charge on any atom is -0.531 e. The van der Waals surface area contributed by atoms with Crippen LogP contribution < -0.4 is 13.6 Å². The van der Waals surface area contributed by atoms with Crippen LogP contribution in [0.15, 0.2) is 60.8 Å². The van der Waals surface area contributed by atoms with Gasteiger partial charge < -0.3 is 13.6 Å². The van der Waals surface area contributed by atoms with E-state index in [0.717, 1.165) is 22.4 Å². The van der Waals surface area contributed by atoms with Crippen LogP contribution in [0.1, 0.15) is 16.7 Å². The molecule has 5 nitrogen and oxygen atoms in total. The number of hydrogen-bond donors (Lipinski definition) is 0. The predicted octanol–water partition coefficient (Wildman–Crippen LogP) is 6.07. The van der Waals surface area contributed by atoms with Crippen molar-refractivity contribution >= 4 is 16.6 Å². The Kier molecular flexibility index (Phi) is 7.17. The molecule has 0 radical (unpaired) electrons. The van der Waals surface area contributed by atoms with Crippen LogP contribution in [-0.2, 0) is 13.0 Å². The highest BCUT2D eigenvalue weighted by molar-refractivity contribution is 6.70. The Morgan fingerprint density at radius 3 is 2.13 bits per heavy atom. The van der Waals surface area contributed by atoms with Gasteiger partial charge in [0.15, 0.2) is 0 Å². The predicted molar refractivity (Wildman–Crippen MR) is 130 cm³/mol. The molecule has 0 aliphatic heterocycles. The molecular weight excluding hydrogens is 420 g/mol. The van der Waals surface area contributed by atoms with Crippen molar-refractivity contribution in [2.24, 2.45) is 0 Å². The molecule has 164 valence electrons. The zero-order chi connectivity index (χ0) is 22.5. The van der Waals surface area contributed by atoms with Crippen molar-refractivity contribution in [3.63, 3.8) is 0 Å². The molecule has 0 amide bonds. The molecule has 0 unspecified atom stereocenters. The summed E-state index contributed by atoms with van der Waals surface area (Å²) >= 11 is 0. The molecule has 0 fully saturated rings. The fourth-order valence-electron chi connectivity index (χ4n) is 2.90. The molecule has 0 saturated carbocycles. The Morgan fingerprint density at radius 1 is 0.774 bits per heavy atom. The van der Waals surface area contributed by atoms with Crippen LogP contribution in [-0.4, -0.2) is 26.6 Å². The van der Waals surface area contributed by atoms with Gasteiger partial charge in [-0.05, 0) is 62.5 Å². The van der Waals surface area contributed by atoms with Crippen molar-refractivity contribution in [2.75, 3.05) is 0 Å². The fourth-order valence-corrected chi connectivity index (χ4v) is 4.31. The number of rotatable bonds is 9. The lowest BCUT2D eigenvalue weighted by molar-refractivity contribution is 0.306. The highest BCUT2D eigenvalue weighted by Crippen LogP contribution is 2.26. The molecule has 2 aromatic carbocycles. The largest absolute Gasteiger partial charge is 0.531 e. The Hall–Kier alpha value is -2.65. The molecule has 3 rings (SSSR count). The summed E-state index contributed by atoms with van der Waals surface area (Å²) in [7, 11) is -3.65. The topological polar surface area (TPSA) is 53.5 Å². The van der Waals surface area contributed by atoms with E-state index >= 15 is 0 Å². The van der Waals surface area contributed by atoms with Gasteiger partial charge in [0.25, 0.3) is 0 Å². The van der Waals surface area contributed by atoms with Gasteiger partial charge in [-0.3, -0.25) is 0 Å². The number of aromatic nitrogens is 2. The van der Waals surface area contributed by atoms with Gasteiger partial charge in [0, 0.05) is 18.2 Å². The lowest BCUT2D eigenvalue weighted by atomic mass is 10.1. The summed E-state index contributed by atoms with van der Waals surface area (Å²) in [6.07, 6.45) is 2.49. The molecule has 0 aliphatic carbocycles. The van der Waals surface area contributed by atoms with Crippen molar-refractivity contribution < 1.29 is 13.6 Å². The number of benzene rings is 2. The van der Waals surface area contributed by atoms with Crippen molar-refractivity contribution in [3.8, 4) is 17.6 Å². The smallest absolute Gasteiger partial charge is 0.305 e. The molecule has 3 aromatic rings. The van der Waals surface area contributed by atoms with Crippen molar-refractivity contribution in [3.05, 3.63) is 77.5 Å². The van der Waals surface area contributed by atoms with Crippen molar-refractivity contribution in [1.82, 2.24) is 9.97 Å². The summed E-state index contributed by atoms with van der Waals surface area (Å²) in [5, 5.41) is 0. The van der Waals surface area contributed by atoms with E-state index in [9.17, 15) is 0 Å². The maximum Gasteiger partial charge on any atom is 0.305 e. The monoisotopic (exact) mass is 452 g/mol. The third kappa shape index (κ3) is 7.84. The molecule has 0 bridgehead atoms. The Morgan fingerprint density at radius 2 is 1.45 bits per heavy atom. The molecule has 0 saturated heterocycles. The van der Waals surface area contributed by atoms with E-state index in [1.54, 1.807) is 0 Å². The summed E-state index contributed by atoms with van der Waals surface area (Å²) in [6.45, 7) is 13.3. The average Bonchev–Trinajstić information content (AvgIpc) is 2.67. The number of nitrogens with zero attached hydrogens (tertiary/aromatic N) is 2. The molecule has 0 aliphatic rings. The van der Waals surface area contributed by atoms with Gasteiger partial charge in [0.05, 0.1) is 0 Å². The Balaban J connectivity index is 1.79. The van der Waals surface area contributed by atoms with Crippen LogP contribution in [0.4, 0.5) is 0 Å².